The standard InChI is InChI=1S/C14H22N3/c1-12(2)16-14-6-4-3-5-13(14)11-17-9-7-15-8-10-17/h3-6,12,16H,7-11H2,1-2H3. The third kappa shape index (κ3) is 3.72. The van der Waals surface area contributed by atoms with Gasteiger partial charge in [0.15, 0.2) is 0 Å². The molecule has 0 aliphatic carbocycles. The van der Waals surface area contributed by atoms with Crippen molar-refractivity contribution in [1.29, 1.82) is 0 Å². The first-order chi connectivity index (χ1) is 8.25. The summed E-state index contributed by atoms with van der Waals surface area (Å²) in [6.07, 6.45) is 0. The summed E-state index contributed by atoms with van der Waals surface area (Å²) in [5.41, 5.74) is 2.66. The number of hydrogen-bond acceptors (Lipinski definition) is 2. The molecule has 17 heavy (non-hydrogen) atoms. The largest absolute Gasteiger partial charge is 0.383 e. The normalized spacial score (nSPS) is 17.4. The highest BCUT2D eigenvalue weighted by Gasteiger charge is 2.12. The number of hydrogen-bond donors (Lipinski definition) is 1. The molecule has 1 aromatic carbocycles. The van der Waals surface area contributed by atoms with E-state index in [0.29, 0.717) is 6.04 Å². The van der Waals surface area contributed by atoms with Crippen molar-refractivity contribution in [2.24, 2.45) is 0 Å². The first-order valence-corrected chi connectivity index (χ1v) is 6.46. The maximum atomic E-state index is 4.38. The van der Waals surface area contributed by atoms with E-state index in [1.807, 2.05) is 0 Å². The summed E-state index contributed by atoms with van der Waals surface area (Å²) in [7, 11) is 0. The second-order valence-electron chi connectivity index (χ2n) is 4.90. The van der Waals surface area contributed by atoms with Gasteiger partial charge in [-0.15, -0.1) is 0 Å². The van der Waals surface area contributed by atoms with Gasteiger partial charge in [-0.25, -0.2) is 5.32 Å². The van der Waals surface area contributed by atoms with Crippen LogP contribution in [0.1, 0.15) is 19.4 Å². The van der Waals surface area contributed by atoms with Crippen LogP contribution in [0, 0.1) is 0 Å². The Morgan fingerprint density at radius 2 is 1.94 bits per heavy atom. The number of piperazine rings is 1. The van der Waals surface area contributed by atoms with Crippen molar-refractivity contribution in [3.63, 3.8) is 0 Å². The zero-order chi connectivity index (χ0) is 12.1. The van der Waals surface area contributed by atoms with Crippen molar-refractivity contribution in [3.05, 3.63) is 29.8 Å². The van der Waals surface area contributed by atoms with E-state index in [-0.39, 0.29) is 0 Å². The number of nitrogens with one attached hydrogen (secondary N) is 1. The molecule has 1 saturated heterocycles. The molecule has 0 atom stereocenters. The predicted molar refractivity (Wildman–Crippen MR) is 72.3 cm³/mol. The van der Waals surface area contributed by atoms with Crippen molar-refractivity contribution >= 4 is 5.69 Å². The van der Waals surface area contributed by atoms with Gasteiger partial charge in [0, 0.05) is 44.5 Å². The lowest BCUT2D eigenvalue weighted by Gasteiger charge is -2.27. The van der Waals surface area contributed by atoms with E-state index in [4.69, 9.17) is 0 Å². The Kier molecular flexibility index (Phi) is 4.40. The molecular formula is C14H22N3. The molecule has 0 bridgehead atoms. The third-order valence-corrected chi connectivity index (χ3v) is 3.00. The van der Waals surface area contributed by atoms with Gasteiger partial charge in [0.2, 0.25) is 0 Å². The lowest BCUT2D eigenvalue weighted by molar-refractivity contribution is 0.231. The molecule has 93 valence electrons. The Hall–Kier alpha value is -1.06. The minimum atomic E-state index is 0.479. The average Bonchev–Trinajstić information content (AvgIpc) is 2.32. The van der Waals surface area contributed by atoms with Gasteiger partial charge in [-0.05, 0) is 25.5 Å². The Morgan fingerprint density at radius 1 is 1.24 bits per heavy atom. The number of rotatable bonds is 4. The highest BCUT2D eigenvalue weighted by atomic mass is 15.2. The number of benzene rings is 1. The molecule has 3 nitrogen and oxygen atoms in total. The summed E-state index contributed by atoms with van der Waals surface area (Å²) in [5.74, 6) is 0. The first kappa shape index (κ1) is 12.4. The van der Waals surface area contributed by atoms with Crippen LogP contribution in [0.15, 0.2) is 24.3 Å². The van der Waals surface area contributed by atoms with Crippen LogP contribution in [0.4, 0.5) is 5.69 Å². The van der Waals surface area contributed by atoms with Crippen LogP contribution < -0.4 is 10.6 Å². The number of para-hydroxylation sites is 1. The average molecular weight is 232 g/mol. The van der Waals surface area contributed by atoms with Gasteiger partial charge in [-0.2, -0.15) is 0 Å². The molecular weight excluding hydrogens is 210 g/mol. The van der Waals surface area contributed by atoms with Gasteiger partial charge in [0.25, 0.3) is 0 Å². The maximum absolute atomic E-state index is 4.38. The van der Waals surface area contributed by atoms with E-state index in [1.165, 1.54) is 11.3 Å². The van der Waals surface area contributed by atoms with E-state index < -0.39 is 0 Å². The monoisotopic (exact) mass is 232 g/mol. The fourth-order valence-corrected chi connectivity index (χ4v) is 2.16. The summed E-state index contributed by atoms with van der Waals surface area (Å²) < 4.78 is 0. The Balaban J connectivity index is 2.03. The van der Waals surface area contributed by atoms with Crippen molar-refractivity contribution < 1.29 is 0 Å². The Bertz CT molecular complexity index is 343. The quantitative estimate of drug-likeness (QED) is 0.859. The van der Waals surface area contributed by atoms with Crippen LogP contribution in [0.25, 0.3) is 0 Å². The van der Waals surface area contributed by atoms with Gasteiger partial charge in [0.1, 0.15) is 0 Å². The summed E-state index contributed by atoms with van der Waals surface area (Å²) in [5, 5.41) is 7.90. The zero-order valence-electron chi connectivity index (χ0n) is 10.8. The molecule has 1 aromatic rings. The molecule has 0 amide bonds. The van der Waals surface area contributed by atoms with Crippen LogP contribution in [0.2, 0.25) is 0 Å². The molecule has 0 spiro atoms. The summed E-state index contributed by atoms with van der Waals surface area (Å²) >= 11 is 0. The van der Waals surface area contributed by atoms with Gasteiger partial charge < -0.3 is 5.32 Å². The van der Waals surface area contributed by atoms with Crippen LogP contribution in [-0.4, -0.2) is 37.1 Å². The molecule has 3 heteroatoms. The molecule has 0 unspecified atom stereocenters. The number of anilines is 1. The van der Waals surface area contributed by atoms with E-state index in [0.717, 1.165) is 32.7 Å². The minimum absolute atomic E-state index is 0.479. The topological polar surface area (TPSA) is 29.4 Å². The maximum Gasteiger partial charge on any atom is 0.0387 e. The molecule has 0 saturated carbocycles. The SMILES string of the molecule is CC(C)Nc1ccccc1CN1CC[N]CC1. The summed E-state index contributed by atoms with van der Waals surface area (Å²) in [6.45, 7) is 9.55. The molecule has 1 radical (unpaired) electrons. The predicted octanol–water partition coefficient (Wildman–Crippen LogP) is 1.93. The van der Waals surface area contributed by atoms with Crippen molar-refractivity contribution in [2.45, 2.75) is 26.4 Å². The zero-order valence-corrected chi connectivity index (χ0v) is 10.8. The lowest BCUT2D eigenvalue weighted by Crippen LogP contribution is -2.39. The van der Waals surface area contributed by atoms with E-state index >= 15 is 0 Å². The van der Waals surface area contributed by atoms with Crippen molar-refractivity contribution in [3.8, 4) is 0 Å². The van der Waals surface area contributed by atoms with Crippen LogP contribution >= 0.6 is 0 Å². The van der Waals surface area contributed by atoms with Gasteiger partial charge in [-0.1, -0.05) is 18.2 Å². The molecule has 2 rings (SSSR count). The second kappa shape index (κ2) is 6.03. The fourth-order valence-electron chi connectivity index (χ4n) is 2.16. The highest BCUT2D eigenvalue weighted by molar-refractivity contribution is 5.51. The fraction of sp³-hybridized carbons (Fsp3) is 0.571. The number of nitrogens with zero attached hydrogens (tertiary/aromatic N) is 2. The van der Waals surface area contributed by atoms with Crippen LogP contribution in [0.3, 0.4) is 0 Å². The molecule has 1 fully saturated rings. The van der Waals surface area contributed by atoms with Gasteiger partial charge in [-0.3, -0.25) is 4.90 Å². The van der Waals surface area contributed by atoms with E-state index in [1.54, 1.807) is 0 Å². The Morgan fingerprint density at radius 3 is 2.65 bits per heavy atom. The summed E-state index contributed by atoms with van der Waals surface area (Å²) in [6, 6.07) is 9.09. The second-order valence-corrected chi connectivity index (χ2v) is 4.90. The molecule has 1 heterocycles. The first-order valence-electron chi connectivity index (χ1n) is 6.46. The molecule has 1 N–H and O–H groups in total. The summed E-state index contributed by atoms with van der Waals surface area (Å²) in [4.78, 5) is 2.48. The van der Waals surface area contributed by atoms with Crippen molar-refractivity contribution in [2.75, 3.05) is 31.5 Å². The van der Waals surface area contributed by atoms with Crippen LogP contribution in [-0.2, 0) is 6.54 Å². The van der Waals surface area contributed by atoms with E-state index in [9.17, 15) is 0 Å². The Labute approximate surface area is 104 Å². The van der Waals surface area contributed by atoms with Crippen LogP contribution in [0.5, 0.6) is 0 Å². The van der Waals surface area contributed by atoms with Gasteiger partial charge >= 0.3 is 0 Å². The van der Waals surface area contributed by atoms with E-state index in [2.05, 4.69) is 53.6 Å². The minimum Gasteiger partial charge on any atom is -0.383 e. The van der Waals surface area contributed by atoms with Gasteiger partial charge in [0.05, 0.1) is 0 Å². The lowest BCUT2D eigenvalue weighted by atomic mass is 10.1. The molecule has 1 aliphatic heterocycles. The highest BCUT2D eigenvalue weighted by Crippen LogP contribution is 2.18. The molecule has 1 aliphatic rings. The smallest absolute Gasteiger partial charge is 0.0387 e. The molecule has 0 aromatic heterocycles. The van der Waals surface area contributed by atoms with Crippen molar-refractivity contribution in [1.82, 2.24) is 10.2 Å². The third-order valence-electron chi connectivity index (χ3n) is 3.00.